The largest absolute Gasteiger partial charge is 0.378 e. The fraction of sp³-hybridized carbons (Fsp3) is 0.435. The van der Waals surface area contributed by atoms with Gasteiger partial charge in [0.1, 0.15) is 0 Å². The van der Waals surface area contributed by atoms with Crippen molar-refractivity contribution < 1.29 is 9.53 Å². The minimum absolute atomic E-state index is 0.0538. The molecule has 1 N–H and O–H groups in total. The number of carbonyl (C=O) groups is 1. The van der Waals surface area contributed by atoms with Crippen molar-refractivity contribution >= 4 is 17.3 Å². The molecule has 2 aromatic rings. The summed E-state index contributed by atoms with van der Waals surface area (Å²) in [6, 6.07) is 17.3. The molecule has 1 amide bonds. The number of rotatable bonds is 7. The summed E-state index contributed by atoms with van der Waals surface area (Å²) in [4.78, 5) is 17.2. The van der Waals surface area contributed by atoms with Crippen molar-refractivity contribution in [1.29, 1.82) is 0 Å². The van der Waals surface area contributed by atoms with Gasteiger partial charge in [-0.3, -0.25) is 9.69 Å². The van der Waals surface area contributed by atoms with E-state index in [0.717, 1.165) is 38.5 Å². The average Bonchev–Trinajstić information content (AvgIpc) is 3.56. The molecule has 2 aliphatic rings. The minimum Gasteiger partial charge on any atom is -0.378 e. The summed E-state index contributed by atoms with van der Waals surface area (Å²) in [6.07, 6.45) is 2.38. The summed E-state index contributed by atoms with van der Waals surface area (Å²) >= 11 is 0. The number of morpholine rings is 1. The molecule has 0 atom stereocenters. The Balaban J connectivity index is 1.32. The molecule has 28 heavy (non-hydrogen) atoms. The van der Waals surface area contributed by atoms with E-state index in [0.29, 0.717) is 12.6 Å². The predicted molar refractivity (Wildman–Crippen MR) is 113 cm³/mol. The number of anilines is 2. The lowest BCUT2D eigenvalue weighted by atomic mass is 10.1. The Morgan fingerprint density at radius 2 is 1.75 bits per heavy atom. The van der Waals surface area contributed by atoms with Crippen LogP contribution in [0.5, 0.6) is 0 Å². The van der Waals surface area contributed by atoms with E-state index in [1.165, 1.54) is 29.7 Å². The topological polar surface area (TPSA) is 44.8 Å². The zero-order valence-corrected chi connectivity index (χ0v) is 16.6. The standard InChI is InChI=1S/C23H29N3O2/c1-18-2-4-19(5-3-18)16-26(22-10-11-22)17-23(27)24-20-6-8-21(9-7-20)25-12-14-28-15-13-25/h2-9,22H,10-17H2,1H3,(H,24,27). The van der Waals surface area contributed by atoms with Crippen LogP contribution in [0.3, 0.4) is 0 Å². The summed E-state index contributed by atoms with van der Waals surface area (Å²) in [5.41, 5.74) is 4.56. The van der Waals surface area contributed by atoms with Crippen LogP contribution in [0.1, 0.15) is 24.0 Å². The van der Waals surface area contributed by atoms with E-state index in [4.69, 9.17) is 4.74 Å². The molecule has 148 valence electrons. The molecule has 1 aliphatic carbocycles. The number of carbonyl (C=O) groups excluding carboxylic acids is 1. The van der Waals surface area contributed by atoms with E-state index in [9.17, 15) is 4.79 Å². The van der Waals surface area contributed by atoms with Crippen LogP contribution in [0.25, 0.3) is 0 Å². The summed E-state index contributed by atoms with van der Waals surface area (Å²) < 4.78 is 5.40. The average molecular weight is 380 g/mol. The van der Waals surface area contributed by atoms with E-state index in [-0.39, 0.29) is 5.91 Å². The van der Waals surface area contributed by atoms with Crippen LogP contribution in [-0.4, -0.2) is 49.7 Å². The van der Waals surface area contributed by atoms with Crippen LogP contribution in [0.15, 0.2) is 48.5 Å². The second-order valence-corrected chi connectivity index (χ2v) is 7.82. The first-order chi connectivity index (χ1) is 13.7. The number of amides is 1. The van der Waals surface area contributed by atoms with Crippen molar-refractivity contribution in [2.24, 2.45) is 0 Å². The molecule has 0 radical (unpaired) electrons. The van der Waals surface area contributed by atoms with Gasteiger partial charge in [0.05, 0.1) is 19.8 Å². The van der Waals surface area contributed by atoms with Gasteiger partial charge in [0.15, 0.2) is 0 Å². The lowest BCUT2D eigenvalue weighted by Crippen LogP contribution is -2.36. The third kappa shape index (κ3) is 5.12. The molecule has 0 aromatic heterocycles. The molecule has 1 saturated carbocycles. The Bertz CT molecular complexity index is 778. The molecule has 1 aliphatic heterocycles. The van der Waals surface area contributed by atoms with Crippen LogP contribution in [0.4, 0.5) is 11.4 Å². The highest BCUT2D eigenvalue weighted by atomic mass is 16.5. The second-order valence-electron chi connectivity index (χ2n) is 7.82. The van der Waals surface area contributed by atoms with Gasteiger partial charge in [-0.05, 0) is 49.6 Å². The molecule has 0 spiro atoms. The number of ether oxygens (including phenoxy) is 1. The van der Waals surface area contributed by atoms with E-state index in [1.54, 1.807) is 0 Å². The number of benzene rings is 2. The summed E-state index contributed by atoms with van der Waals surface area (Å²) in [5, 5.41) is 3.06. The quantitative estimate of drug-likeness (QED) is 0.801. The van der Waals surface area contributed by atoms with Gasteiger partial charge in [0.2, 0.25) is 5.91 Å². The van der Waals surface area contributed by atoms with Crippen LogP contribution < -0.4 is 10.2 Å². The van der Waals surface area contributed by atoms with Gasteiger partial charge in [-0.2, -0.15) is 0 Å². The fourth-order valence-electron chi connectivity index (χ4n) is 3.64. The number of nitrogens with one attached hydrogen (secondary N) is 1. The van der Waals surface area contributed by atoms with Crippen molar-refractivity contribution in [2.45, 2.75) is 32.4 Å². The smallest absolute Gasteiger partial charge is 0.238 e. The third-order valence-electron chi connectivity index (χ3n) is 5.44. The molecule has 1 heterocycles. The zero-order valence-electron chi connectivity index (χ0n) is 16.6. The van der Waals surface area contributed by atoms with Crippen molar-refractivity contribution in [3.05, 3.63) is 59.7 Å². The summed E-state index contributed by atoms with van der Waals surface area (Å²) in [6.45, 7) is 6.74. The predicted octanol–water partition coefficient (Wildman–Crippen LogP) is 3.43. The van der Waals surface area contributed by atoms with Gasteiger partial charge in [-0.1, -0.05) is 29.8 Å². The zero-order chi connectivity index (χ0) is 19.3. The Morgan fingerprint density at radius 3 is 2.39 bits per heavy atom. The molecule has 2 fully saturated rings. The highest BCUT2D eigenvalue weighted by molar-refractivity contribution is 5.92. The molecular weight excluding hydrogens is 350 g/mol. The van der Waals surface area contributed by atoms with Crippen LogP contribution in [0, 0.1) is 6.92 Å². The maximum absolute atomic E-state index is 12.6. The van der Waals surface area contributed by atoms with E-state index in [2.05, 4.69) is 58.4 Å². The van der Waals surface area contributed by atoms with Gasteiger partial charge in [0, 0.05) is 37.1 Å². The lowest BCUT2D eigenvalue weighted by Gasteiger charge is -2.29. The van der Waals surface area contributed by atoms with Crippen molar-refractivity contribution in [2.75, 3.05) is 43.1 Å². The maximum Gasteiger partial charge on any atom is 0.238 e. The molecule has 2 aromatic carbocycles. The van der Waals surface area contributed by atoms with Gasteiger partial charge >= 0.3 is 0 Å². The number of hydrogen-bond acceptors (Lipinski definition) is 4. The van der Waals surface area contributed by atoms with Gasteiger partial charge < -0.3 is 15.0 Å². The monoisotopic (exact) mass is 379 g/mol. The second kappa shape index (κ2) is 8.76. The first kappa shape index (κ1) is 19.0. The molecule has 0 unspecified atom stereocenters. The molecule has 4 rings (SSSR count). The van der Waals surface area contributed by atoms with Crippen molar-refractivity contribution in [3.8, 4) is 0 Å². The highest BCUT2D eigenvalue weighted by Gasteiger charge is 2.30. The molecular formula is C23H29N3O2. The molecule has 1 saturated heterocycles. The molecule has 5 nitrogen and oxygen atoms in total. The third-order valence-corrected chi connectivity index (χ3v) is 5.44. The first-order valence-electron chi connectivity index (χ1n) is 10.2. The fourth-order valence-corrected chi connectivity index (χ4v) is 3.64. The van der Waals surface area contributed by atoms with E-state index >= 15 is 0 Å². The number of aryl methyl sites for hydroxylation is 1. The molecule has 5 heteroatoms. The minimum atomic E-state index is 0.0538. The van der Waals surface area contributed by atoms with Crippen LogP contribution in [0.2, 0.25) is 0 Å². The number of nitrogens with zero attached hydrogens (tertiary/aromatic N) is 2. The Morgan fingerprint density at radius 1 is 1.07 bits per heavy atom. The van der Waals surface area contributed by atoms with Gasteiger partial charge in [-0.15, -0.1) is 0 Å². The summed E-state index contributed by atoms with van der Waals surface area (Å²) in [7, 11) is 0. The van der Waals surface area contributed by atoms with Crippen molar-refractivity contribution in [3.63, 3.8) is 0 Å². The number of hydrogen-bond donors (Lipinski definition) is 1. The molecule has 0 bridgehead atoms. The van der Waals surface area contributed by atoms with Crippen molar-refractivity contribution in [1.82, 2.24) is 4.90 Å². The summed E-state index contributed by atoms with van der Waals surface area (Å²) in [5.74, 6) is 0.0538. The first-order valence-corrected chi connectivity index (χ1v) is 10.2. The van der Waals surface area contributed by atoms with E-state index < -0.39 is 0 Å². The Kier molecular flexibility index (Phi) is 5.93. The van der Waals surface area contributed by atoms with Gasteiger partial charge in [0.25, 0.3) is 0 Å². The highest BCUT2D eigenvalue weighted by Crippen LogP contribution is 2.28. The van der Waals surface area contributed by atoms with Crippen LogP contribution in [-0.2, 0) is 16.1 Å². The Hall–Kier alpha value is -2.37. The van der Waals surface area contributed by atoms with Gasteiger partial charge in [-0.25, -0.2) is 0 Å². The maximum atomic E-state index is 12.6. The lowest BCUT2D eigenvalue weighted by molar-refractivity contribution is -0.117. The van der Waals surface area contributed by atoms with Crippen LogP contribution >= 0.6 is 0 Å². The SMILES string of the molecule is Cc1ccc(CN(CC(=O)Nc2ccc(N3CCOCC3)cc2)C2CC2)cc1. The van der Waals surface area contributed by atoms with E-state index in [1.807, 2.05) is 12.1 Å². The Labute approximate surface area is 167 Å². The normalized spacial score (nSPS) is 17.0.